The highest BCUT2D eigenvalue weighted by Crippen LogP contribution is 2.43. The number of hydrogen-bond donors (Lipinski definition) is 1. The van der Waals surface area contributed by atoms with Crippen LogP contribution in [0.4, 0.5) is 0 Å². The predicted octanol–water partition coefficient (Wildman–Crippen LogP) is 5.01. The van der Waals surface area contributed by atoms with E-state index in [0.717, 1.165) is 30.2 Å². The molecule has 1 heteroatoms. The van der Waals surface area contributed by atoms with E-state index >= 15 is 0 Å². The quantitative estimate of drug-likeness (QED) is 0.775. The first-order valence-corrected chi connectivity index (χ1v) is 8.89. The monoisotopic (exact) mass is 287 g/mol. The van der Waals surface area contributed by atoms with Gasteiger partial charge in [-0.2, -0.15) is 0 Å². The molecule has 1 saturated carbocycles. The molecular formula is C20H33N. The van der Waals surface area contributed by atoms with Crippen molar-refractivity contribution >= 4 is 0 Å². The second kappa shape index (κ2) is 7.98. The molecule has 0 aliphatic heterocycles. The van der Waals surface area contributed by atoms with E-state index in [-0.39, 0.29) is 0 Å². The summed E-state index contributed by atoms with van der Waals surface area (Å²) >= 11 is 0. The molecule has 0 amide bonds. The van der Waals surface area contributed by atoms with Gasteiger partial charge in [-0.3, -0.25) is 0 Å². The van der Waals surface area contributed by atoms with Crippen molar-refractivity contribution in [2.24, 2.45) is 17.8 Å². The molecule has 3 unspecified atom stereocenters. The first-order valence-electron chi connectivity index (χ1n) is 8.89. The number of benzene rings is 1. The summed E-state index contributed by atoms with van der Waals surface area (Å²) in [6.45, 7) is 8.22. The van der Waals surface area contributed by atoms with Crippen LogP contribution >= 0.6 is 0 Å². The van der Waals surface area contributed by atoms with Crippen molar-refractivity contribution in [1.29, 1.82) is 0 Å². The lowest BCUT2D eigenvalue weighted by Crippen LogP contribution is -2.32. The molecular weight excluding hydrogens is 254 g/mol. The standard InChI is InChI=1S/C20H33N/c1-5-7-16-8-6-9-18(12-16)20-13-17(15(2)3)10-11-19(20)14-21-4/h6,8-9,12,15,17,19-21H,5,7,10-11,13-14H2,1-4H3. The summed E-state index contributed by atoms with van der Waals surface area (Å²) in [6, 6.07) is 9.42. The minimum absolute atomic E-state index is 0.746. The predicted molar refractivity (Wildman–Crippen MR) is 92.8 cm³/mol. The maximum Gasteiger partial charge on any atom is -0.00177 e. The van der Waals surface area contributed by atoms with Crippen LogP contribution in [-0.2, 0) is 6.42 Å². The maximum atomic E-state index is 3.42. The highest BCUT2D eigenvalue weighted by molar-refractivity contribution is 5.28. The normalized spacial score (nSPS) is 26.2. The molecule has 0 saturated heterocycles. The van der Waals surface area contributed by atoms with Crippen LogP contribution in [0.2, 0.25) is 0 Å². The molecule has 3 atom stereocenters. The van der Waals surface area contributed by atoms with Gasteiger partial charge in [0.2, 0.25) is 0 Å². The van der Waals surface area contributed by atoms with Crippen molar-refractivity contribution in [3.8, 4) is 0 Å². The van der Waals surface area contributed by atoms with Crippen molar-refractivity contribution < 1.29 is 0 Å². The summed E-state index contributed by atoms with van der Waals surface area (Å²) in [5.74, 6) is 3.28. The van der Waals surface area contributed by atoms with Crippen molar-refractivity contribution in [3.05, 3.63) is 35.4 Å². The van der Waals surface area contributed by atoms with Gasteiger partial charge in [0.25, 0.3) is 0 Å². The molecule has 2 rings (SSSR count). The van der Waals surface area contributed by atoms with Crippen LogP contribution in [0.1, 0.15) is 63.5 Å². The van der Waals surface area contributed by atoms with E-state index in [1.165, 1.54) is 37.7 Å². The molecule has 1 N–H and O–H groups in total. The maximum absolute atomic E-state index is 3.42. The van der Waals surface area contributed by atoms with Crippen molar-refractivity contribution in [2.45, 2.75) is 58.8 Å². The van der Waals surface area contributed by atoms with E-state index in [9.17, 15) is 0 Å². The van der Waals surface area contributed by atoms with Gasteiger partial charge < -0.3 is 5.32 Å². The number of nitrogens with one attached hydrogen (secondary N) is 1. The summed E-state index contributed by atoms with van der Waals surface area (Å²) in [5.41, 5.74) is 3.11. The molecule has 1 aromatic rings. The first kappa shape index (κ1) is 16.5. The van der Waals surface area contributed by atoms with Gasteiger partial charge in [-0.25, -0.2) is 0 Å². The number of rotatable bonds is 6. The first-order chi connectivity index (χ1) is 10.2. The summed E-state index contributed by atoms with van der Waals surface area (Å²) in [5, 5.41) is 3.42. The molecule has 0 spiro atoms. The second-order valence-electron chi connectivity index (χ2n) is 7.24. The van der Waals surface area contributed by atoms with Gasteiger partial charge in [0.15, 0.2) is 0 Å². The van der Waals surface area contributed by atoms with Crippen LogP contribution < -0.4 is 5.32 Å². The van der Waals surface area contributed by atoms with Crippen LogP contribution in [0.3, 0.4) is 0 Å². The van der Waals surface area contributed by atoms with Crippen LogP contribution in [0.5, 0.6) is 0 Å². The Bertz CT molecular complexity index is 424. The van der Waals surface area contributed by atoms with E-state index < -0.39 is 0 Å². The van der Waals surface area contributed by atoms with Crippen molar-refractivity contribution in [2.75, 3.05) is 13.6 Å². The largest absolute Gasteiger partial charge is 0.319 e. The Labute approximate surface area is 131 Å². The van der Waals surface area contributed by atoms with E-state index in [1.54, 1.807) is 5.56 Å². The molecule has 118 valence electrons. The Hall–Kier alpha value is -0.820. The Balaban J connectivity index is 2.19. The van der Waals surface area contributed by atoms with Gasteiger partial charge in [0.1, 0.15) is 0 Å². The zero-order valence-electron chi connectivity index (χ0n) is 14.4. The lowest BCUT2D eigenvalue weighted by atomic mass is 9.68. The lowest BCUT2D eigenvalue weighted by Gasteiger charge is -2.38. The zero-order chi connectivity index (χ0) is 15.2. The van der Waals surface area contributed by atoms with Crippen molar-refractivity contribution in [3.63, 3.8) is 0 Å². The summed E-state index contributed by atoms with van der Waals surface area (Å²) in [4.78, 5) is 0. The Morgan fingerprint density at radius 3 is 2.71 bits per heavy atom. The molecule has 0 radical (unpaired) electrons. The van der Waals surface area contributed by atoms with E-state index in [4.69, 9.17) is 0 Å². The molecule has 21 heavy (non-hydrogen) atoms. The Morgan fingerprint density at radius 1 is 1.24 bits per heavy atom. The molecule has 1 aliphatic carbocycles. The fourth-order valence-corrected chi connectivity index (χ4v) is 4.05. The minimum atomic E-state index is 0.746. The highest BCUT2D eigenvalue weighted by Gasteiger charge is 2.32. The molecule has 0 aromatic heterocycles. The van der Waals surface area contributed by atoms with E-state index in [2.05, 4.69) is 57.4 Å². The Morgan fingerprint density at radius 2 is 2.05 bits per heavy atom. The molecule has 0 heterocycles. The van der Waals surface area contributed by atoms with Crippen LogP contribution in [0, 0.1) is 17.8 Å². The fourth-order valence-electron chi connectivity index (χ4n) is 4.05. The third kappa shape index (κ3) is 4.32. The van der Waals surface area contributed by atoms with Gasteiger partial charge in [0.05, 0.1) is 0 Å². The fraction of sp³-hybridized carbons (Fsp3) is 0.700. The van der Waals surface area contributed by atoms with Crippen molar-refractivity contribution in [1.82, 2.24) is 5.32 Å². The highest BCUT2D eigenvalue weighted by atomic mass is 14.8. The Kier molecular flexibility index (Phi) is 6.29. The number of hydrogen-bond acceptors (Lipinski definition) is 1. The van der Waals surface area contributed by atoms with Gasteiger partial charge in [-0.1, -0.05) is 51.5 Å². The minimum Gasteiger partial charge on any atom is -0.319 e. The van der Waals surface area contributed by atoms with Crippen LogP contribution in [0.25, 0.3) is 0 Å². The third-order valence-electron chi connectivity index (χ3n) is 5.36. The molecule has 1 aromatic carbocycles. The van der Waals surface area contributed by atoms with E-state index in [1.807, 2.05) is 0 Å². The summed E-state index contributed by atoms with van der Waals surface area (Å²) in [7, 11) is 2.10. The summed E-state index contributed by atoms with van der Waals surface area (Å²) < 4.78 is 0. The van der Waals surface area contributed by atoms with Gasteiger partial charge >= 0.3 is 0 Å². The average Bonchev–Trinajstić information content (AvgIpc) is 2.48. The molecule has 1 nitrogen and oxygen atoms in total. The lowest BCUT2D eigenvalue weighted by molar-refractivity contribution is 0.192. The SMILES string of the molecule is CCCc1cccc(C2CC(C(C)C)CCC2CNC)c1. The van der Waals surface area contributed by atoms with Crippen LogP contribution in [-0.4, -0.2) is 13.6 Å². The second-order valence-corrected chi connectivity index (χ2v) is 7.24. The zero-order valence-corrected chi connectivity index (χ0v) is 14.4. The molecule has 0 bridgehead atoms. The van der Waals surface area contributed by atoms with Gasteiger partial charge in [-0.05, 0) is 74.1 Å². The summed E-state index contributed by atoms with van der Waals surface area (Å²) in [6.07, 6.45) is 6.62. The topological polar surface area (TPSA) is 12.0 Å². The van der Waals surface area contributed by atoms with Crippen LogP contribution in [0.15, 0.2) is 24.3 Å². The molecule has 1 aliphatic rings. The average molecular weight is 287 g/mol. The van der Waals surface area contributed by atoms with Gasteiger partial charge in [-0.15, -0.1) is 0 Å². The smallest absolute Gasteiger partial charge is 0.00177 e. The third-order valence-corrected chi connectivity index (χ3v) is 5.36. The number of aryl methyl sites for hydroxylation is 1. The van der Waals surface area contributed by atoms with Gasteiger partial charge in [0, 0.05) is 0 Å². The molecule has 1 fully saturated rings. The van der Waals surface area contributed by atoms with E-state index in [0.29, 0.717) is 0 Å².